The van der Waals surface area contributed by atoms with Crippen molar-refractivity contribution in [3.05, 3.63) is 34.8 Å². The van der Waals surface area contributed by atoms with E-state index in [4.69, 9.17) is 0 Å². The molecule has 0 aliphatic carbocycles. The molecule has 7 heteroatoms. The lowest BCUT2D eigenvalue weighted by Crippen LogP contribution is -2.09. The molecule has 1 aromatic carbocycles. The summed E-state index contributed by atoms with van der Waals surface area (Å²) in [6, 6.07) is 3.53. The number of hydrazine groups is 1. The van der Waals surface area contributed by atoms with Crippen LogP contribution in [0.5, 0.6) is 0 Å². The maximum absolute atomic E-state index is 10.2. The molecule has 0 aromatic heterocycles. The Morgan fingerprint density at radius 3 is 2.54 bits per heavy atom. The van der Waals surface area contributed by atoms with Crippen LogP contribution < -0.4 is 5.43 Å². The first kappa shape index (κ1) is 11.2. The molecule has 0 saturated heterocycles. The highest BCUT2D eigenvalue weighted by molar-refractivity contribution is 14.1. The molecule has 0 amide bonds. The number of nitro groups is 1. The molecule has 4 nitrogen and oxygen atoms in total. The summed E-state index contributed by atoms with van der Waals surface area (Å²) in [6.45, 7) is 0. The zero-order valence-electron chi connectivity index (χ0n) is 6.05. The number of rotatable bonds is 2. The number of benzene rings is 1. The third kappa shape index (κ3) is 3.06. The van der Waals surface area contributed by atoms with Crippen molar-refractivity contribution < 1.29 is 5.03 Å². The van der Waals surface area contributed by atoms with Gasteiger partial charge in [0.15, 0.2) is 5.03 Å². The molecule has 0 atom stereocenters. The Balaban J connectivity index is 3.13. The van der Waals surface area contributed by atoms with Crippen molar-refractivity contribution in [2.75, 3.05) is 5.43 Å². The van der Waals surface area contributed by atoms with Gasteiger partial charge in [-0.3, -0.25) is 0 Å². The van der Waals surface area contributed by atoms with Gasteiger partial charge in [0.25, 0.3) is 0 Å². The minimum Gasteiger partial charge on any atom is -0.235 e. The molecule has 1 rings (SSSR count). The lowest BCUT2D eigenvalue weighted by atomic mass is 10.3. The maximum atomic E-state index is 10.2. The van der Waals surface area contributed by atoms with Gasteiger partial charge in [-0.2, -0.15) is 0 Å². The molecule has 0 aliphatic rings. The third-order valence-electron chi connectivity index (χ3n) is 1.21. The van der Waals surface area contributed by atoms with Crippen LogP contribution in [0.2, 0.25) is 0 Å². The lowest BCUT2D eigenvalue weighted by Gasteiger charge is -2.04. The van der Waals surface area contributed by atoms with Crippen molar-refractivity contribution in [3.63, 3.8) is 0 Å². The van der Waals surface area contributed by atoms with Crippen molar-refractivity contribution in [2.24, 2.45) is 0 Å². The van der Waals surface area contributed by atoms with Crippen molar-refractivity contribution in [3.8, 4) is 0 Å². The summed E-state index contributed by atoms with van der Waals surface area (Å²) in [4.78, 5) is 10.2. The second-order valence-corrected chi connectivity index (χ2v) is 5.05. The van der Waals surface area contributed by atoms with Gasteiger partial charge in [-0.1, -0.05) is 15.9 Å². The molecule has 1 N–H and O–H groups in total. The monoisotopic (exact) mass is 420 g/mol. The minimum absolute atomic E-state index is 0.466. The Morgan fingerprint density at radius 1 is 1.46 bits per heavy atom. The number of anilines is 1. The fourth-order valence-electron chi connectivity index (χ4n) is 0.740. The minimum atomic E-state index is -0.587. The second kappa shape index (κ2) is 4.56. The van der Waals surface area contributed by atoms with Gasteiger partial charge in [0, 0.05) is 12.5 Å². The first-order valence-corrected chi connectivity index (χ1v) is 5.73. The van der Waals surface area contributed by atoms with E-state index in [2.05, 4.69) is 37.3 Å². The summed E-state index contributed by atoms with van der Waals surface area (Å²) in [5.41, 5.74) is 2.58. The van der Waals surface area contributed by atoms with Gasteiger partial charge in [-0.15, -0.1) is 5.43 Å². The molecule has 0 spiro atoms. The van der Waals surface area contributed by atoms with E-state index >= 15 is 0 Å². The van der Waals surface area contributed by atoms with Gasteiger partial charge < -0.3 is 0 Å². The van der Waals surface area contributed by atoms with Crippen LogP contribution in [-0.4, -0.2) is 5.03 Å². The van der Waals surface area contributed by atoms with Crippen molar-refractivity contribution >= 4 is 60.1 Å². The Hall–Kier alpha value is 0.110. The topological polar surface area (TPSA) is 55.2 Å². The molecule has 0 fully saturated rings. The third-order valence-corrected chi connectivity index (χ3v) is 3.14. The summed E-state index contributed by atoms with van der Waals surface area (Å²) in [7, 11) is 0. The van der Waals surface area contributed by atoms with Crippen molar-refractivity contribution in [1.82, 2.24) is 0 Å². The van der Waals surface area contributed by atoms with Gasteiger partial charge >= 0.3 is 0 Å². The average Bonchev–Trinajstić information content (AvgIpc) is 1.96. The molecule has 0 bridgehead atoms. The molecule has 0 saturated carbocycles. The molecular weight excluding hydrogens is 419 g/mol. The van der Waals surface area contributed by atoms with E-state index in [0.717, 1.165) is 8.04 Å². The molecule has 0 heterocycles. The predicted molar refractivity (Wildman–Crippen MR) is 65.2 cm³/mol. The second-order valence-electron chi connectivity index (χ2n) is 2.11. The SMILES string of the molecule is O=[N+]([O-])Nc1c(Br)cc(Br)cc1I. The van der Waals surface area contributed by atoms with Crippen LogP contribution in [0.3, 0.4) is 0 Å². The average molecular weight is 422 g/mol. The molecule has 1 aromatic rings. The van der Waals surface area contributed by atoms with Crippen LogP contribution in [0.25, 0.3) is 0 Å². The molecule has 0 radical (unpaired) electrons. The summed E-state index contributed by atoms with van der Waals surface area (Å²) < 4.78 is 2.30. The van der Waals surface area contributed by atoms with Crippen molar-refractivity contribution in [2.45, 2.75) is 0 Å². The number of nitrogens with zero attached hydrogens (tertiary/aromatic N) is 1. The highest BCUT2D eigenvalue weighted by Crippen LogP contribution is 2.31. The van der Waals surface area contributed by atoms with Gasteiger partial charge in [0.2, 0.25) is 0 Å². The largest absolute Gasteiger partial charge is 0.235 e. The zero-order chi connectivity index (χ0) is 10.0. The summed E-state index contributed by atoms with van der Waals surface area (Å²) in [5, 5.41) is 9.63. The van der Waals surface area contributed by atoms with Crippen LogP contribution in [0, 0.1) is 13.7 Å². The van der Waals surface area contributed by atoms with E-state index in [-0.39, 0.29) is 0 Å². The van der Waals surface area contributed by atoms with Gasteiger partial charge in [-0.05, 0) is 50.7 Å². The van der Waals surface area contributed by atoms with E-state index in [1.807, 2.05) is 22.6 Å². The fourth-order valence-corrected chi connectivity index (χ4v) is 3.60. The van der Waals surface area contributed by atoms with Gasteiger partial charge in [-0.25, -0.2) is 10.1 Å². The van der Waals surface area contributed by atoms with Crippen LogP contribution in [0.15, 0.2) is 21.1 Å². The Kier molecular flexibility index (Phi) is 3.92. The normalized spacial score (nSPS) is 9.77. The van der Waals surface area contributed by atoms with Crippen LogP contribution >= 0.6 is 54.5 Å². The maximum Gasteiger partial charge on any atom is 0.162 e. The smallest absolute Gasteiger partial charge is 0.162 e. The van der Waals surface area contributed by atoms with Gasteiger partial charge in [0.05, 0.1) is 0 Å². The highest BCUT2D eigenvalue weighted by Gasteiger charge is 2.10. The number of hydrogen-bond acceptors (Lipinski definition) is 2. The zero-order valence-corrected chi connectivity index (χ0v) is 11.4. The standard InChI is InChI=1S/C6H3Br2IN2O2/c7-3-1-4(8)6(5(9)2-3)10-11(12)13/h1-2,10H. The Bertz CT molecular complexity index is 335. The van der Waals surface area contributed by atoms with Crippen molar-refractivity contribution in [1.29, 1.82) is 0 Å². The number of halogens is 3. The van der Waals surface area contributed by atoms with Gasteiger partial charge in [0.1, 0.15) is 5.69 Å². The summed E-state index contributed by atoms with van der Waals surface area (Å²) >= 11 is 8.52. The molecule has 70 valence electrons. The van der Waals surface area contributed by atoms with Crippen LogP contribution in [0.1, 0.15) is 0 Å². The predicted octanol–water partition coefficient (Wildman–Crippen LogP) is 3.42. The first-order valence-electron chi connectivity index (χ1n) is 3.06. The fraction of sp³-hybridized carbons (Fsp3) is 0. The molecular formula is C6H3Br2IN2O2. The van der Waals surface area contributed by atoms with E-state index in [9.17, 15) is 10.1 Å². The number of hydrogen-bond donors (Lipinski definition) is 1. The highest BCUT2D eigenvalue weighted by atomic mass is 127. The van der Waals surface area contributed by atoms with E-state index in [1.165, 1.54) is 0 Å². The lowest BCUT2D eigenvalue weighted by molar-refractivity contribution is -0.445. The first-order chi connectivity index (χ1) is 6.00. The van der Waals surface area contributed by atoms with Crippen LogP contribution in [0.4, 0.5) is 5.69 Å². The molecule has 0 unspecified atom stereocenters. The number of nitrogens with one attached hydrogen (secondary N) is 1. The van der Waals surface area contributed by atoms with E-state index in [0.29, 0.717) is 10.2 Å². The van der Waals surface area contributed by atoms with Crippen LogP contribution in [-0.2, 0) is 0 Å². The van der Waals surface area contributed by atoms with E-state index in [1.54, 1.807) is 12.1 Å². The van der Waals surface area contributed by atoms with E-state index < -0.39 is 5.03 Å². The molecule has 0 aliphatic heterocycles. The molecule has 13 heavy (non-hydrogen) atoms. The summed E-state index contributed by atoms with van der Waals surface area (Å²) in [6.07, 6.45) is 0. The Labute approximate surface area is 105 Å². The summed E-state index contributed by atoms with van der Waals surface area (Å²) in [5.74, 6) is 0. The quantitative estimate of drug-likeness (QED) is 0.452. The Morgan fingerprint density at radius 2 is 2.08 bits per heavy atom.